The van der Waals surface area contributed by atoms with E-state index in [9.17, 15) is 4.79 Å². The van der Waals surface area contributed by atoms with Crippen molar-refractivity contribution in [3.8, 4) is 0 Å². The Hall–Kier alpha value is -0.860. The number of aliphatic imine (C=N–C) groups is 1. The van der Waals surface area contributed by atoms with Crippen LogP contribution in [0.25, 0.3) is 0 Å². The Bertz CT molecular complexity index is 199. The van der Waals surface area contributed by atoms with Crippen molar-refractivity contribution in [2.24, 2.45) is 10.9 Å². The summed E-state index contributed by atoms with van der Waals surface area (Å²) in [6.45, 7) is 5.05. The van der Waals surface area contributed by atoms with Crippen molar-refractivity contribution in [1.82, 2.24) is 0 Å². The number of carbonyl (C=O) groups is 1. The second kappa shape index (κ2) is 4.24. The van der Waals surface area contributed by atoms with Crippen molar-refractivity contribution in [3.05, 3.63) is 0 Å². The molecular formula is C9H15NO2. The van der Waals surface area contributed by atoms with Crippen LogP contribution in [-0.2, 0) is 9.53 Å². The first-order chi connectivity index (χ1) is 5.75. The molecule has 3 heteroatoms. The molecule has 0 fully saturated rings. The van der Waals surface area contributed by atoms with Gasteiger partial charge in [0.05, 0.1) is 12.5 Å². The van der Waals surface area contributed by atoms with Gasteiger partial charge in [-0.05, 0) is 26.7 Å². The van der Waals surface area contributed by atoms with Crippen molar-refractivity contribution >= 4 is 11.7 Å². The van der Waals surface area contributed by atoms with Gasteiger partial charge in [-0.15, -0.1) is 0 Å². The standard InChI is InChI=1S/C9H15NO2/c1-3-12-9(11)8-5-4-6-10-7(8)2/h8H,3-6H2,1-2H3. The van der Waals surface area contributed by atoms with Crippen LogP contribution < -0.4 is 0 Å². The number of hydrogen-bond donors (Lipinski definition) is 0. The lowest BCUT2D eigenvalue weighted by Gasteiger charge is -2.18. The first-order valence-corrected chi connectivity index (χ1v) is 4.43. The molecule has 0 aromatic rings. The zero-order chi connectivity index (χ0) is 8.97. The zero-order valence-corrected chi connectivity index (χ0v) is 7.67. The molecule has 0 aromatic carbocycles. The number of ether oxygens (including phenoxy) is 1. The van der Waals surface area contributed by atoms with E-state index in [1.54, 1.807) is 0 Å². The summed E-state index contributed by atoms with van der Waals surface area (Å²) < 4.78 is 4.93. The molecule has 0 aromatic heterocycles. The molecule has 0 spiro atoms. The molecule has 12 heavy (non-hydrogen) atoms. The minimum atomic E-state index is -0.113. The molecule has 68 valence electrons. The highest BCUT2D eigenvalue weighted by molar-refractivity contribution is 6.01. The Labute approximate surface area is 72.8 Å². The summed E-state index contributed by atoms with van der Waals surface area (Å²) in [7, 11) is 0. The van der Waals surface area contributed by atoms with Crippen LogP contribution in [0.15, 0.2) is 4.99 Å². The summed E-state index contributed by atoms with van der Waals surface area (Å²) in [4.78, 5) is 15.5. The molecule has 0 bridgehead atoms. The van der Waals surface area contributed by atoms with Crippen molar-refractivity contribution in [1.29, 1.82) is 0 Å². The quantitative estimate of drug-likeness (QED) is 0.586. The van der Waals surface area contributed by atoms with Crippen LogP contribution in [0.1, 0.15) is 26.7 Å². The third kappa shape index (κ3) is 2.06. The van der Waals surface area contributed by atoms with E-state index in [0.29, 0.717) is 6.61 Å². The van der Waals surface area contributed by atoms with Crippen LogP contribution in [-0.4, -0.2) is 24.8 Å². The number of rotatable bonds is 2. The average molecular weight is 169 g/mol. The van der Waals surface area contributed by atoms with Gasteiger partial charge < -0.3 is 4.74 Å². The number of carbonyl (C=O) groups excluding carboxylic acids is 1. The molecule has 1 aliphatic heterocycles. The average Bonchev–Trinajstić information content (AvgIpc) is 2.05. The van der Waals surface area contributed by atoms with Crippen LogP contribution in [0.2, 0.25) is 0 Å². The Morgan fingerprint density at radius 1 is 1.75 bits per heavy atom. The third-order valence-corrected chi connectivity index (χ3v) is 2.09. The van der Waals surface area contributed by atoms with Crippen LogP contribution in [0.5, 0.6) is 0 Å². The van der Waals surface area contributed by atoms with E-state index >= 15 is 0 Å². The smallest absolute Gasteiger partial charge is 0.314 e. The van der Waals surface area contributed by atoms with E-state index in [4.69, 9.17) is 4.74 Å². The van der Waals surface area contributed by atoms with Crippen LogP contribution in [0.3, 0.4) is 0 Å². The van der Waals surface area contributed by atoms with Gasteiger partial charge in [0.1, 0.15) is 0 Å². The fourth-order valence-electron chi connectivity index (χ4n) is 1.40. The zero-order valence-electron chi connectivity index (χ0n) is 7.67. The van der Waals surface area contributed by atoms with Gasteiger partial charge in [-0.2, -0.15) is 0 Å². The lowest BCUT2D eigenvalue weighted by molar-refractivity contribution is -0.145. The molecule has 0 saturated heterocycles. The summed E-state index contributed by atoms with van der Waals surface area (Å²) >= 11 is 0. The summed E-state index contributed by atoms with van der Waals surface area (Å²) in [6.07, 6.45) is 1.90. The molecule has 0 saturated carbocycles. The van der Waals surface area contributed by atoms with Crippen molar-refractivity contribution in [2.45, 2.75) is 26.7 Å². The van der Waals surface area contributed by atoms with Crippen molar-refractivity contribution < 1.29 is 9.53 Å². The Kier molecular flexibility index (Phi) is 3.26. The maximum Gasteiger partial charge on any atom is 0.314 e. The highest BCUT2D eigenvalue weighted by Gasteiger charge is 2.24. The minimum Gasteiger partial charge on any atom is -0.465 e. The lowest BCUT2D eigenvalue weighted by Crippen LogP contribution is -2.27. The Morgan fingerprint density at radius 2 is 2.50 bits per heavy atom. The molecule has 1 unspecified atom stereocenters. The minimum absolute atomic E-state index is 0.0706. The molecule has 1 heterocycles. The van der Waals surface area contributed by atoms with Gasteiger partial charge in [-0.25, -0.2) is 0 Å². The molecular weight excluding hydrogens is 154 g/mol. The van der Waals surface area contributed by atoms with Crippen molar-refractivity contribution in [2.75, 3.05) is 13.2 Å². The molecule has 1 aliphatic rings. The fourth-order valence-corrected chi connectivity index (χ4v) is 1.40. The van der Waals surface area contributed by atoms with E-state index in [-0.39, 0.29) is 11.9 Å². The van der Waals surface area contributed by atoms with E-state index in [1.807, 2.05) is 13.8 Å². The fraction of sp³-hybridized carbons (Fsp3) is 0.778. The maximum absolute atomic E-state index is 11.3. The largest absolute Gasteiger partial charge is 0.465 e. The van der Waals surface area contributed by atoms with E-state index < -0.39 is 0 Å². The van der Waals surface area contributed by atoms with Gasteiger partial charge in [-0.3, -0.25) is 9.79 Å². The number of hydrogen-bond acceptors (Lipinski definition) is 3. The van der Waals surface area contributed by atoms with Gasteiger partial charge in [0.2, 0.25) is 0 Å². The highest BCUT2D eigenvalue weighted by atomic mass is 16.5. The van der Waals surface area contributed by atoms with E-state index in [1.165, 1.54) is 0 Å². The molecule has 1 rings (SSSR count). The topological polar surface area (TPSA) is 38.7 Å². The Morgan fingerprint density at radius 3 is 3.08 bits per heavy atom. The predicted molar refractivity (Wildman–Crippen MR) is 47.3 cm³/mol. The van der Waals surface area contributed by atoms with E-state index in [0.717, 1.165) is 25.1 Å². The third-order valence-electron chi connectivity index (χ3n) is 2.09. The summed E-state index contributed by atoms with van der Waals surface area (Å²) in [5.74, 6) is -0.183. The SMILES string of the molecule is CCOC(=O)C1CCCN=C1C. The molecule has 0 amide bonds. The molecule has 0 radical (unpaired) electrons. The summed E-state index contributed by atoms with van der Waals surface area (Å²) in [6, 6.07) is 0. The summed E-state index contributed by atoms with van der Waals surface area (Å²) in [5.41, 5.74) is 0.930. The van der Waals surface area contributed by atoms with Crippen LogP contribution >= 0.6 is 0 Å². The monoisotopic (exact) mass is 169 g/mol. The molecule has 0 N–H and O–H groups in total. The van der Waals surface area contributed by atoms with Crippen molar-refractivity contribution in [3.63, 3.8) is 0 Å². The number of nitrogens with zero attached hydrogens (tertiary/aromatic N) is 1. The molecule has 3 nitrogen and oxygen atoms in total. The number of esters is 1. The van der Waals surface area contributed by atoms with Gasteiger partial charge in [0, 0.05) is 12.3 Å². The molecule has 1 atom stereocenters. The normalized spacial score (nSPS) is 23.2. The first kappa shape index (κ1) is 9.23. The highest BCUT2D eigenvalue weighted by Crippen LogP contribution is 2.16. The van der Waals surface area contributed by atoms with Gasteiger partial charge in [0.25, 0.3) is 0 Å². The van der Waals surface area contributed by atoms with Crippen LogP contribution in [0, 0.1) is 5.92 Å². The lowest BCUT2D eigenvalue weighted by atomic mass is 9.96. The van der Waals surface area contributed by atoms with Gasteiger partial charge in [-0.1, -0.05) is 0 Å². The maximum atomic E-state index is 11.3. The summed E-state index contributed by atoms with van der Waals surface area (Å²) in [5, 5.41) is 0. The first-order valence-electron chi connectivity index (χ1n) is 4.43. The second-order valence-electron chi connectivity index (χ2n) is 2.97. The van der Waals surface area contributed by atoms with Crippen LogP contribution in [0.4, 0.5) is 0 Å². The Balaban J connectivity index is 2.55. The second-order valence-corrected chi connectivity index (χ2v) is 2.97. The predicted octanol–water partition coefficient (Wildman–Crippen LogP) is 1.42. The van der Waals surface area contributed by atoms with E-state index in [2.05, 4.69) is 4.99 Å². The van der Waals surface area contributed by atoms with Gasteiger partial charge in [0.15, 0.2) is 0 Å². The van der Waals surface area contributed by atoms with Gasteiger partial charge >= 0.3 is 5.97 Å². The molecule has 0 aliphatic carbocycles.